The molecule has 3 aromatic rings. The number of hydrogen-bond donors (Lipinski definition) is 2. The van der Waals surface area contributed by atoms with Gasteiger partial charge in [0.1, 0.15) is 0 Å². The summed E-state index contributed by atoms with van der Waals surface area (Å²) in [7, 11) is 1.35. The first-order valence-corrected chi connectivity index (χ1v) is 9.49. The van der Waals surface area contributed by atoms with Gasteiger partial charge in [0.25, 0.3) is 0 Å². The lowest BCUT2D eigenvalue weighted by molar-refractivity contribution is 0.0600. The Bertz CT molecular complexity index is 1020. The number of nitrogens with one attached hydrogen (secondary N) is 2. The second-order valence-electron chi connectivity index (χ2n) is 5.80. The van der Waals surface area contributed by atoms with Crippen LogP contribution in [0.2, 0.25) is 0 Å². The summed E-state index contributed by atoms with van der Waals surface area (Å²) in [5, 5.41) is 10.4. The maximum Gasteiger partial charge on any atom is 0.338 e. The van der Waals surface area contributed by atoms with E-state index in [4.69, 9.17) is 21.5 Å². The van der Waals surface area contributed by atoms with Gasteiger partial charge in [0, 0.05) is 15.7 Å². The molecule has 0 aliphatic heterocycles. The van der Waals surface area contributed by atoms with Crippen molar-refractivity contribution in [1.82, 2.24) is 15.5 Å². The Balaban J connectivity index is 1.62. The van der Waals surface area contributed by atoms with Gasteiger partial charge in [0.15, 0.2) is 5.11 Å². The van der Waals surface area contributed by atoms with E-state index in [1.807, 2.05) is 37.3 Å². The Morgan fingerprint density at radius 1 is 1.29 bits per heavy atom. The number of halogens is 1. The van der Waals surface area contributed by atoms with Crippen LogP contribution in [0.1, 0.15) is 21.8 Å². The zero-order valence-corrected chi connectivity index (χ0v) is 17.6. The zero-order valence-electron chi connectivity index (χ0n) is 15.2. The van der Waals surface area contributed by atoms with Gasteiger partial charge in [-0.1, -0.05) is 39.3 Å². The predicted octanol–water partition coefficient (Wildman–Crippen LogP) is 4.08. The number of anilines is 1. The van der Waals surface area contributed by atoms with Crippen LogP contribution in [0.15, 0.2) is 51.5 Å². The second-order valence-corrected chi connectivity index (χ2v) is 7.12. The van der Waals surface area contributed by atoms with Crippen LogP contribution in [-0.2, 0) is 11.3 Å². The maximum atomic E-state index is 11.8. The standard InChI is InChI=1S/C19H17BrN4O3S/c1-11-14(18(25)26-2)7-4-8-15(11)22-19(28)21-10-16-23-17(24-27-16)12-5-3-6-13(20)9-12/h3-9H,10H2,1-2H3,(H2,21,22,28). The third-order valence-electron chi connectivity index (χ3n) is 3.94. The molecule has 144 valence electrons. The van der Waals surface area contributed by atoms with E-state index in [9.17, 15) is 4.79 Å². The van der Waals surface area contributed by atoms with Crippen LogP contribution in [0, 0.1) is 6.92 Å². The van der Waals surface area contributed by atoms with E-state index in [0.29, 0.717) is 28.1 Å². The number of rotatable bonds is 5. The van der Waals surface area contributed by atoms with Crippen LogP contribution in [0.4, 0.5) is 5.69 Å². The summed E-state index contributed by atoms with van der Waals surface area (Å²) >= 11 is 8.73. The quantitative estimate of drug-likeness (QED) is 0.434. The van der Waals surface area contributed by atoms with Crippen molar-refractivity contribution in [2.24, 2.45) is 0 Å². The van der Waals surface area contributed by atoms with Gasteiger partial charge in [0.05, 0.1) is 19.2 Å². The van der Waals surface area contributed by atoms with Crippen molar-refractivity contribution in [1.29, 1.82) is 0 Å². The molecule has 2 aromatic carbocycles. The molecule has 2 N–H and O–H groups in total. The van der Waals surface area contributed by atoms with Crippen molar-refractivity contribution < 1.29 is 14.1 Å². The lowest BCUT2D eigenvalue weighted by atomic mass is 10.1. The van der Waals surface area contributed by atoms with E-state index in [1.165, 1.54) is 7.11 Å². The van der Waals surface area contributed by atoms with E-state index in [2.05, 4.69) is 36.7 Å². The molecular formula is C19H17BrN4O3S. The SMILES string of the molecule is COC(=O)c1cccc(NC(=S)NCc2nc(-c3cccc(Br)c3)no2)c1C. The van der Waals surface area contributed by atoms with Crippen LogP contribution < -0.4 is 10.6 Å². The van der Waals surface area contributed by atoms with Crippen molar-refractivity contribution in [3.63, 3.8) is 0 Å². The lowest BCUT2D eigenvalue weighted by Crippen LogP contribution is -2.28. The number of carbonyl (C=O) groups is 1. The number of nitrogens with zero attached hydrogens (tertiary/aromatic N) is 2. The third-order valence-corrected chi connectivity index (χ3v) is 4.68. The van der Waals surface area contributed by atoms with Gasteiger partial charge in [-0.05, 0) is 49.0 Å². The minimum absolute atomic E-state index is 0.266. The normalized spacial score (nSPS) is 10.4. The maximum absolute atomic E-state index is 11.8. The first kappa shape index (κ1) is 20.0. The average Bonchev–Trinajstić information content (AvgIpc) is 3.16. The van der Waals surface area contributed by atoms with Crippen LogP contribution in [0.5, 0.6) is 0 Å². The minimum Gasteiger partial charge on any atom is -0.465 e. The first-order chi connectivity index (χ1) is 13.5. The third kappa shape index (κ3) is 4.73. The molecule has 0 spiro atoms. The molecule has 9 heteroatoms. The molecule has 0 amide bonds. The number of thiocarbonyl (C=S) groups is 1. The molecule has 1 heterocycles. The van der Waals surface area contributed by atoms with E-state index in [0.717, 1.165) is 15.6 Å². The first-order valence-electron chi connectivity index (χ1n) is 8.29. The van der Waals surface area contributed by atoms with Crippen LogP contribution in [0.25, 0.3) is 11.4 Å². The van der Waals surface area contributed by atoms with Gasteiger partial charge in [-0.25, -0.2) is 4.79 Å². The molecule has 0 aliphatic rings. The monoisotopic (exact) mass is 460 g/mol. The van der Waals surface area contributed by atoms with Crippen molar-refractivity contribution in [3.05, 3.63) is 64.0 Å². The molecule has 3 rings (SSSR count). The number of esters is 1. The predicted molar refractivity (Wildman–Crippen MR) is 113 cm³/mol. The Labute approximate surface area is 175 Å². The Morgan fingerprint density at radius 2 is 2.07 bits per heavy atom. The fraction of sp³-hybridized carbons (Fsp3) is 0.158. The Kier molecular flexibility index (Phi) is 6.37. The van der Waals surface area contributed by atoms with Gasteiger partial charge in [-0.2, -0.15) is 4.98 Å². The summed E-state index contributed by atoms with van der Waals surface area (Å²) in [5.41, 5.74) is 2.78. The summed E-state index contributed by atoms with van der Waals surface area (Å²) in [5.74, 6) is 0.503. The molecule has 0 atom stereocenters. The number of ether oxygens (including phenoxy) is 1. The summed E-state index contributed by atoms with van der Waals surface area (Å²) in [4.78, 5) is 16.2. The van der Waals surface area contributed by atoms with Gasteiger partial charge >= 0.3 is 5.97 Å². The number of benzene rings is 2. The van der Waals surface area contributed by atoms with Crippen molar-refractivity contribution >= 4 is 44.9 Å². The fourth-order valence-electron chi connectivity index (χ4n) is 2.50. The zero-order chi connectivity index (χ0) is 20.1. The van der Waals surface area contributed by atoms with Gasteiger partial charge in [0.2, 0.25) is 11.7 Å². The molecule has 0 unspecified atom stereocenters. The van der Waals surface area contributed by atoms with E-state index < -0.39 is 5.97 Å². The molecule has 0 fully saturated rings. The van der Waals surface area contributed by atoms with Gasteiger partial charge < -0.3 is 19.9 Å². The van der Waals surface area contributed by atoms with Crippen molar-refractivity contribution in [2.45, 2.75) is 13.5 Å². The molecule has 28 heavy (non-hydrogen) atoms. The van der Waals surface area contributed by atoms with E-state index in [1.54, 1.807) is 12.1 Å². The minimum atomic E-state index is -0.397. The average molecular weight is 461 g/mol. The molecule has 0 radical (unpaired) electrons. The van der Waals surface area contributed by atoms with Crippen LogP contribution >= 0.6 is 28.1 Å². The Hall–Kier alpha value is -2.78. The molecule has 0 saturated carbocycles. The molecule has 0 aliphatic carbocycles. The molecule has 1 aromatic heterocycles. The second kappa shape index (κ2) is 8.94. The molecule has 7 nitrogen and oxygen atoms in total. The highest BCUT2D eigenvalue weighted by atomic mass is 79.9. The highest BCUT2D eigenvalue weighted by Gasteiger charge is 2.13. The van der Waals surface area contributed by atoms with Crippen molar-refractivity contribution in [3.8, 4) is 11.4 Å². The van der Waals surface area contributed by atoms with E-state index >= 15 is 0 Å². The smallest absolute Gasteiger partial charge is 0.338 e. The van der Waals surface area contributed by atoms with Crippen molar-refractivity contribution in [2.75, 3.05) is 12.4 Å². The van der Waals surface area contributed by atoms with Crippen LogP contribution in [0.3, 0.4) is 0 Å². The van der Waals surface area contributed by atoms with Gasteiger partial charge in [-0.3, -0.25) is 0 Å². The summed E-state index contributed by atoms with van der Waals surface area (Å²) in [6, 6.07) is 12.9. The number of methoxy groups -OCH3 is 1. The number of carbonyl (C=O) groups excluding carboxylic acids is 1. The highest BCUT2D eigenvalue weighted by molar-refractivity contribution is 9.10. The largest absolute Gasteiger partial charge is 0.465 e. The molecular weight excluding hydrogens is 444 g/mol. The van der Waals surface area contributed by atoms with Crippen LogP contribution in [-0.4, -0.2) is 28.3 Å². The molecule has 0 saturated heterocycles. The summed E-state index contributed by atoms with van der Waals surface area (Å²) < 4.78 is 11.0. The summed E-state index contributed by atoms with van der Waals surface area (Å²) in [6.07, 6.45) is 0. The fourth-order valence-corrected chi connectivity index (χ4v) is 3.08. The number of hydrogen-bond acceptors (Lipinski definition) is 6. The Morgan fingerprint density at radius 3 is 2.82 bits per heavy atom. The number of aromatic nitrogens is 2. The molecule has 0 bridgehead atoms. The van der Waals surface area contributed by atoms with Gasteiger partial charge in [-0.15, -0.1) is 0 Å². The summed E-state index contributed by atoms with van der Waals surface area (Å²) in [6.45, 7) is 2.09. The highest BCUT2D eigenvalue weighted by Crippen LogP contribution is 2.21. The lowest BCUT2D eigenvalue weighted by Gasteiger charge is -2.13. The van der Waals surface area contributed by atoms with E-state index in [-0.39, 0.29) is 6.54 Å². The topological polar surface area (TPSA) is 89.3 Å².